The third-order valence-corrected chi connectivity index (χ3v) is 6.78. The van der Waals surface area contributed by atoms with Crippen LogP contribution in [-0.4, -0.2) is 39.0 Å². The van der Waals surface area contributed by atoms with Gasteiger partial charge in [0.2, 0.25) is 5.96 Å². The van der Waals surface area contributed by atoms with E-state index in [1.165, 1.54) is 0 Å². The quantitative estimate of drug-likeness (QED) is 0.334. The number of carbonyl (C=O) groups is 1. The molecule has 1 atom stereocenters. The minimum atomic E-state index is -1.25. The van der Waals surface area contributed by atoms with E-state index < -0.39 is 12.1 Å². The molecule has 3 aromatic carbocycles. The van der Waals surface area contributed by atoms with E-state index in [1.807, 2.05) is 71.4 Å². The minimum absolute atomic E-state index is 0.00745. The van der Waals surface area contributed by atoms with Gasteiger partial charge in [0.25, 0.3) is 0 Å². The molecular formula is C27H19Cl2N5O3. The van der Waals surface area contributed by atoms with Crippen molar-refractivity contribution in [1.29, 1.82) is 0 Å². The zero-order valence-electron chi connectivity index (χ0n) is 19.2. The molecule has 0 aliphatic carbocycles. The van der Waals surface area contributed by atoms with Gasteiger partial charge in [0.1, 0.15) is 35.6 Å². The highest BCUT2D eigenvalue weighted by Crippen LogP contribution is 2.38. The summed E-state index contributed by atoms with van der Waals surface area (Å²) in [5.41, 5.74) is 4.69. The van der Waals surface area contributed by atoms with E-state index in [1.54, 1.807) is 6.07 Å². The van der Waals surface area contributed by atoms with Crippen LogP contribution in [0.15, 0.2) is 82.9 Å². The number of hydrogen-bond acceptors (Lipinski definition) is 5. The number of nitrogens with zero attached hydrogens (tertiary/aromatic N) is 4. The maximum absolute atomic E-state index is 11.3. The predicted octanol–water partition coefficient (Wildman–Crippen LogP) is 6.08. The molecule has 10 heteroatoms. The summed E-state index contributed by atoms with van der Waals surface area (Å²) in [6.07, 6.45) is 0.646. The minimum Gasteiger partial charge on any atom is -0.491 e. The number of hydrogen-bond donors (Lipinski definition) is 2. The molecule has 3 heterocycles. The zero-order valence-corrected chi connectivity index (χ0v) is 20.7. The highest BCUT2D eigenvalue weighted by atomic mass is 35.5. The molecule has 0 spiro atoms. The first-order valence-corrected chi connectivity index (χ1v) is 12.2. The SMILES string of the molecule is O=C(O)NC1=NC(c2ccccc2Cl)C(c2cn3c(n2)-c2ccc(-c4ccc(Cl)cc4)cc2OCC3)=N1. The molecule has 1 unspecified atom stereocenters. The van der Waals surface area contributed by atoms with Crippen LogP contribution < -0.4 is 10.1 Å². The summed E-state index contributed by atoms with van der Waals surface area (Å²) in [4.78, 5) is 25.1. The van der Waals surface area contributed by atoms with Gasteiger partial charge in [-0.15, -0.1) is 0 Å². The van der Waals surface area contributed by atoms with Crippen molar-refractivity contribution in [3.8, 4) is 28.3 Å². The van der Waals surface area contributed by atoms with Gasteiger partial charge in [0.15, 0.2) is 0 Å². The first-order valence-electron chi connectivity index (χ1n) is 11.5. The molecule has 1 aromatic heterocycles. The smallest absolute Gasteiger partial charge is 0.411 e. The van der Waals surface area contributed by atoms with Crippen molar-refractivity contribution in [2.75, 3.05) is 6.61 Å². The summed E-state index contributed by atoms with van der Waals surface area (Å²) in [7, 11) is 0. The maximum atomic E-state index is 11.3. The molecule has 1 amide bonds. The topological polar surface area (TPSA) is 101 Å². The molecule has 0 saturated carbocycles. The van der Waals surface area contributed by atoms with Gasteiger partial charge < -0.3 is 14.4 Å². The number of nitrogens with one attached hydrogen (secondary N) is 1. The van der Waals surface area contributed by atoms with Crippen LogP contribution in [0.25, 0.3) is 22.5 Å². The van der Waals surface area contributed by atoms with E-state index >= 15 is 0 Å². The number of benzene rings is 3. The third kappa shape index (κ3) is 4.45. The van der Waals surface area contributed by atoms with Gasteiger partial charge in [-0.3, -0.25) is 5.32 Å². The van der Waals surface area contributed by atoms with Crippen LogP contribution in [0.3, 0.4) is 0 Å². The molecule has 2 N–H and O–H groups in total. The Hall–Kier alpha value is -4.14. The van der Waals surface area contributed by atoms with Gasteiger partial charge in [-0.2, -0.15) is 0 Å². The number of imidazole rings is 1. The monoisotopic (exact) mass is 531 g/mol. The molecular weight excluding hydrogens is 513 g/mol. The standard InChI is InChI=1S/C27H19Cl2N5O3/c28-17-8-5-15(6-9-17)16-7-10-19-22(13-16)37-12-11-34-14-21(30-25(19)34)24-23(18-3-1-2-4-20(18)29)31-26(32-24)33-27(35)36/h1-10,13-14,23H,11-12H2,(H,31,33)(H,35,36). The molecule has 0 radical (unpaired) electrons. The fourth-order valence-corrected chi connectivity index (χ4v) is 4.85. The van der Waals surface area contributed by atoms with Crippen molar-refractivity contribution in [3.63, 3.8) is 0 Å². The summed E-state index contributed by atoms with van der Waals surface area (Å²) in [5, 5.41) is 12.6. The van der Waals surface area contributed by atoms with Crippen LogP contribution in [0, 0.1) is 0 Å². The average Bonchev–Trinajstić information content (AvgIpc) is 3.44. The number of aliphatic imine (C=N–C) groups is 2. The number of halogens is 2. The second kappa shape index (κ2) is 9.38. The number of rotatable bonds is 3. The van der Waals surface area contributed by atoms with E-state index in [0.717, 1.165) is 28.3 Å². The molecule has 184 valence electrons. The normalized spacial score (nSPS) is 16.1. The van der Waals surface area contributed by atoms with Crippen molar-refractivity contribution in [2.45, 2.75) is 12.6 Å². The molecule has 8 nitrogen and oxygen atoms in total. The molecule has 0 saturated heterocycles. The Balaban J connectivity index is 1.41. The number of fused-ring (bicyclic) bond motifs is 3. The number of carboxylic acid groups (broad SMARTS) is 1. The first-order chi connectivity index (χ1) is 18.0. The molecule has 0 fully saturated rings. The summed E-state index contributed by atoms with van der Waals surface area (Å²) >= 11 is 12.5. The Bertz CT molecular complexity index is 1590. The third-order valence-electron chi connectivity index (χ3n) is 6.18. The van der Waals surface area contributed by atoms with Crippen molar-refractivity contribution in [1.82, 2.24) is 14.9 Å². The van der Waals surface area contributed by atoms with Gasteiger partial charge in [0, 0.05) is 21.8 Å². The summed E-state index contributed by atoms with van der Waals surface area (Å²) < 4.78 is 8.09. The van der Waals surface area contributed by atoms with Crippen molar-refractivity contribution >= 4 is 41.0 Å². The van der Waals surface area contributed by atoms with Gasteiger partial charge in [-0.05, 0) is 41.5 Å². The second-order valence-corrected chi connectivity index (χ2v) is 9.36. The Morgan fingerprint density at radius 2 is 1.84 bits per heavy atom. The van der Waals surface area contributed by atoms with E-state index in [0.29, 0.717) is 40.2 Å². The van der Waals surface area contributed by atoms with Crippen LogP contribution in [0.1, 0.15) is 17.3 Å². The number of aromatic nitrogens is 2. The van der Waals surface area contributed by atoms with Crippen LogP contribution in [0.2, 0.25) is 10.0 Å². The summed E-state index contributed by atoms with van der Waals surface area (Å²) in [6, 6.07) is 20.3. The zero-order chi connectivity index (χ0) is 25.5. The van der Waals surface area contributed by atoms with Crippen molar-refractivity contribution < 1.29 is 14.6 Å². The Morgan fingerprint density at radius 3 is 2.62 bits per heavy atom. The van der Waals surface area contributed by atoms with E-state index in [4.69, 9.17) is 32.9 Å². The molecule has 37 heavy (non-hydrogen) atoms. The Morgan fingerprint density at radius 1 is 1.05 bits per heavy atom. The lowest BCUT2D eigenvalue weighted by molar-refractivity contribution is 0.200. The number of guanidine groups is 1. The molecule has 4 aromatic rings. The highest BCUT2D eigenvalue weighted by molar-refractivity contribution is 6.32. The first kappa shape index (κ1) is 23.3. The summed E-state index contributed by atoms with van der Waals surface area (Å²) in [6.45, 7) is 1.04. The van der Waals surface area contributed by atoms with Gasteiger partial charge in [-0.25, -0.2) is 19.8 Å². The molecule has 2 aliphatic rings. The Kier molecular flexibility index (Phi) is 5.90. The largest absolute Gasteiger partial charge is 0.491 e. The lowest BCUT2D eigenvalue weighted by atomic mass is 10.0. The van der Waals surface area contributed by atoms with E-state index in [9.17, 15) is 9.90 Å². The van der Waals surface area contributed by atoms with Crippen LogP contribution in [0.4, 0.5) is 4.79 Å². The molecule has 6 rings (SSSR count). The lowest BCUT2D eigenvalue weighted by Crippen LogP contribution is -2.26. The average molecular weight is 532 g/mol. The van der Waals surface area contributed by atoms with Crippen LogP contribution in [-0.2, 0) is 6.54 Å². The van der Waals surface area contributed by atoms with Crippen molar-refractivity contribution in [2.24, 2.45) is 9.98 Å². The van der Waals surface area contributed by atoms with Crippen LogP contribution >= 0.6 is 23.2 Å². The molecule has 0 bridgehead atoms. The van der Waals surface area contributed by atoms with E-state index in [-0.39, 0.29) is 5.96 Å². The fraction of sp³-hybridized carbons (Fsp3) is 0.111. The van der Waals surface area contributed by atoms with E-state index in [2.05, 4.69) is 15.3 Å². The number of ether oxygens (including phenoxy) is 1. The lowest BCUT2D eigenvalue weighted by Gasteiger charge is -2.11. The van der Waals surface area contributed by atoms with Gasteiger partial charge in [-0.1, -0.05) is 59.6 Å². The second-order valence-electron chi connectivity index (χ2n) is 8.51. The van der Waals surface area contributed by atoms with Gasteiger partial charge in [0.05, 0.1) is 12.1 Å². The molecule has 2 aliphatic heterocycles. The van der Waals surface area contributed by atoms with Gasteiger partial charge >= 0.3 is 6.09 Å². The fourth-order valence-electron chi connectivity index (χ4n) is 4.48. The van der Waals surface area contributed by atoms with Crippen molar-refractivity contribution in [3.05, 3.63) is 94.2 Å². The number of amides is 1. The predicted molar refractivity (Wildman–Crippen MR) is 143 cm³/mol. The summed E-state index contributed by atoms with van der Waals surface area (Å²) in [5.74, 6) is 1.45. The Labute approximate surface area is 221 Å². The highest BCUT2D eigenvalue weighted by Gasteiger charge is 2.31. The van der Waals surface area contributed by atoms with Crippen LogP contribution in [0.5, 0.6) is 5.75 Å². The maximum Gasteiger partial charge on any atom is 0.411 e.